The highest BCUT2D eigenvalue weighted by molar-refractivity contribution is 6.02. The van der Waals surface area contributed by atoms with Crippen LogP contribution in [-0.2, 0) is 4.79 Å². The molecule has 1 aromatic carbocycles. The summed E-state index contributed by atoms with van der Waals surface area (Å²) in [5, 5.41) is 5.06. The molecule has 118 valence electrons. The summed E-state index contributed by atoms with van der Waals surface area (Å²) in [7, 11) is 2.99. The first-order chi connectivity index (χ1) is 10.5. The number of amides is 4. The molecule has 8 heteroatoms. The van der Waals surface area contributed by atoms with Crippen molar-refractivity contribution in [2.45, 2.75) is 0 Å². The Bertz CT molecular complexity index is 564. The number of imide groups is 1. The maximum Gasteiger partial charge on any atom is 0.324 e. The second kappa shape index (κ2) is 6.79. The average molecular weight is 307 g/mol. The number of hydrogen-bond acceptors (Lipinski definition) is 5. The molecule has 22 heavy (non-hydrogen) atoms. The zero-order valence-corrected chi connectivity index (χ0v) is 12.3. The van der Waals surface area contributed by atoms with Gasteiger partial charge < -0.3 is 20.1 Å². The molecule has 1 aliphatic rings. The van der Waals surface area contributed by atoms with Crippen LogP contribution in [0.25, 0.3) is 0 Å². The first-order valence-corrected chi connectivity index (χ1v) is 6.64. The van der Waals surface area contributed by atoms with Crippen LogP contribution in [0.3, 0.4) is 0 Å². The molecule has 0 aromatic heterocycles. The molecular formula is C14H17N3O5. The predicted molar refractivity (Wildman–Crippen MR) is 77.0 cm³/mol. The molecule has 0 unspecified atom stereocenters. The number of nitrogens with zero attached hydrogens (tertiary/aromatic N) is 1. The van der Waals surface area contributed by atoms with E-state index in [2.05, 4.69) is 10.6 Å². The minimum atomic E-state index is -0.442. The maximum atomic E-state index is 12.1. The molecule has 2 rings (SSSR count). The van der Waals surface area contributed by atoms with Gasteiger partial charge in [-0.3, -0.25) is 14.5 Å². The molecule has 0 aliphatic carbocycles. The van der Waals surface area contributed by atoms with Gasteiger partial charge in [0.15, 0.2) is 0 Å². The van der Waals surface area contributed by atoms with E-state index in [9.17, 15) is 14.4 Å². The van der Waals surface area contributed by atoms with Crippen LogP contribution in [-0.4, -0.2) is 56.6 Å². The van der Waals surface area contributed by atoms with E-state index in [-0.39, 0.29) is 31.4 Å². The zero-order chi connectivity index (χ0) is 16.1. The van der Waals surface area contributed by atoms with Crippen molar-refractivity contribution < 1.29 is 23.9 Å². The van der Waals surface area contributed by atoms with Crippen molar-refractivity contribution in [1.82, 2.24) is 15.5 Å². The first kappa shape index (κ1) is 15.6. The molecule has 0 saturated carbocycles. The summed E-state index contributed by atoms with van der Waals surface area (Å²) in [6.07, 6.45) is 0. The summed E-state index contributed by atoms with van der Waals surface area (Å²) >= 11 is 0. The van der Waals surface area contributed by atoms with Gasteiger partial charge in [0.1, 0.15) is 11.5 Å². The number of carbonyl (C=O) groups is 3. The number of hydrogen-bond donors (Lipinski definition) is 2. The number of nitrogens with one attached hydrogen (secondary N) is 2. The number of ether oxygens (including phenoxy) is 2. The van der Waals surface area contributed by atoms with Gasteiger partial charge in [-0.15, -0.1) is 0 Å². The lowest BCUT2D eigenvalue weighted by Gasteiger charge is -2.13. The van der Waals surface area contributed by atoms with Crippen LogP contribution in [0.5, 0.6) is 11.5 Å². The SMILES string of the molecule is COc1cc(OC)cc(C(=O)NCCN2C(=O)CNC2=O)c1. The van der Waals surface area contributed by atoms with Crippen molar-refractivity contribution in [3.05, 3.63) is 23.8 Å². The normalized spacial score (nSPS) is 13.8. The zero-order valence-electron chi connectivity index (χ0n) is 12.3. The molecule has 1 saturated heterocycles. The van der Waals surface area contributed by atoms with Gasteiger partial charge in [-0.1, -0.05) is 0 Å². The second-order valence-corrected chi connectivity index (χ2v) is 4.56. The van der Waals surface area contributed by atoms with Crippen molar-refractivity contribution >= 4 is 17.8 Å². The van der Waals surface area contributed by atoms with Crippen molar-refractivity contribution in [3.63, 3.8) is 0 Å². The van der Waals surface area contributed by atoms with E-state index in [0.717, 1.165) is 4.90 Å². The van der Waals surface area contributed by atoms with E-state index in [1.165, 1.54) is 14.2 Å². The predicted octanol–water partition coefficient (Wildman–Crippen LogP) is -0.0146. The third-order valence-corrected chi connectivity index (χ3v) is 3.17. The van der Waals surface area contributed by atoms with Gasteiger partial charge in [-0.2, -0.15) is 0 Å². The van der Waals surface area contributed by atoms with E-state index in [4.69, 9.17) is 9.47 Å². The maximum absolute atomic E-state index is 12.1. The van der Waals surface area contributed by atoms with Crippen LogP contribution in [0.2, 0.25) is 0 Å². The van der Waals surface area contributed by atoms with E-state index in [1.807, 2.05) is 0 Å². The van der Waals surface area contributed by atoms with Crippen LogP contribution >= 0.6 is 0 Å². The summed E-state index contributed by atoms with van der Waals surface area (Å²) in [5.74, 6) is 0.351. The van der Waals surface area contributed by atoms with Crippen LogP contribution in [0.1, 0.15) is 10.4 Å². The van der Waals surface area contributed by atoms with E-state index < -0.39 is 6.03 Å². The van der Waals surface area contributed by atoms with Crippen molar-refractivity contribution in [1.29, 1.82) is 0 Å². The Balaban J connectivity index is 1.95. The molecule has 1 fully saturated rings. The summed E-state index contributed by atoms with van der Waals surface area (Å²) in [6, 6.07) is 4.36. The molecular weight excluding hydrogens is 290 g/mol. The Morgan fingerprint density at radius 2 is 1.86 bits per heavy atom. The van der Waals surface area contributed by atoms with Gasteiger partial charge >= 0.3 is 6.03 Å². The third-order valence-electron chi connectivity index (χ3n) is 3.17. The minimum absolute atomic E-state index is 0.000136. The highest BCUT2D eigenvalue weighted by atomic mass is 16.5. The fraction of sp³-hybridized carbons (Fsp3) is 0.357. The summed E-state index contributed by atoms with van der Waals surface area (Å²) in [5.41, 5.74) is 0.369. The molecule has 1 aromatic rings. The lowest BCUT2D eigenvalue weighted by molar-refractivity contribution is -0.124. The number of carbonyl (C=O) groups excluding carboxylic acids is 3. The van der Waals surface area contributed by atoms with Crippen LogP contribution in [0, 0.1) is 0 Å². The quantitative estimate of drug-likeness (QED) is 0.720. The van der Waals surface area contributed by atoms with Crippen molar-refractivity contribution in [3.8, 4) is 11.5 Å². The standard InChI is InChI=1S/C14H17N3O5/c1-21-10-5-9(6-11(7-10)22-2)13(19)15-3-4-17-12(18)8-16-14(17)20/h5-7H,3-4,8H2,1-2H3,(H,15,19)(H,16,20). The lowest BCUT2D eigenvalue weighted by atomic mass is 10.2. The summed E-state index contributed by atoms with van der Waals surface area (Å²) in [4.78, 5) is 35.9. The van der Waals surface area contributed by atoms with Crippen molar-refractivity contribution in [2.24, 2.45) is 0 Å². The molecule has 0 radical (unpaired) electrons. The molecule has 1 aliphatic heterocycles. The highest BCUT2D eigenvalue weighted by Crippen LogP contribution is 2.22. The largest absolute Gasteiger partial charge is 0.497 e. The Morgan fingerprint density at radius 3 is 2.36 bits per heavy atom. The Labute approximate surface area is 127 Å². The second-order valence-electron chi connectivity index (χ2n) is 4.56. The van der Waals surface area contributed by atoms with Crippen LogP contribution in [0.4, 0.5) is 4.79 Å². The van der Waals surface area contributed by atoms with Crippen LogP contribution < -0.4 is 20.1 Å². The van der Waals surface area contributed by atoms with E-state index in [0.29, 0.717) is 17.1 Å². The smallest absolute Gasteiger partial charge is 0.324 e. The van der Waals surface area contributed by atoms with Crippen LogP contribution in [0.15, 0.2) is 18.2 Å². The Kier molecular flexibility index (Phi) is 4.82. The van der Waals surface area contributed by atoms with Gasteiger partial charge in [-0.25, -0.2) is 4.79 Å². The Morgan fingerprint density at radius 1 is 1.23 bits per heavy atom. The summed E-state index contributed by atoms with van der Waals surface area (Å²) < 4.78 is 10.2. The lowest BCUT2D eigenvalue weighted by Crippen LogP contribution is -2.38. The summed E-state index contributed by atoms with van der Waals surface area (Å²) in [6.45, 7) is 0.287. The molecule has 0 bridgehead atoms. The number of urea groups is 1. The minimum Gasteiger partial charge on any atom is -0.497 e. The van der Waals surface area contributed by atoms with Gasteiger partial charge in [0, 0.05) is 24.7 Å². The monoisotopic (exact) mass is 307 g/mol. The number of methoxy groups -OCH3 is 2. The molecule has 8 nitrogen and oxygen atoms in total. The van der Waals surface area contributed by atoms with Gasteiger partial charge in [0.2, 0.25) is 5.91 Å². The average Bonchev–Trinajstić information content (AvgIpc) is 2.85. The van der Waals surface area contributed by atoms with Gasteiger partial charge in [0.25, 0.3) is 5.91 Å². The fourth-order valence-electron chi connectivity index (χ4n) is 2.00. The molecule has 0 atom stereocenters. The van der Waals surface area contributed by atoms with E-state index >= 15 is 0 Å². The van der Waals surface area contributed by atoms with E-state index in [1.54, 1.807) is 18.2 Å². The number of benzene rings is 1. The number of rotatable bonds is 6. The molecule has 4 amide bonds. The third kappa shape index (κ3) is 3.46. The van der Waals surface area contributed by atoms with Gasteiger partial charge in [-0.05, 0) is 12.1 Å². The highest BCUT2D eigenvalue weighted by Gasteiger charge is 2.27. The van der Waals surface area contributed by atoms with Crippen molar-refractivity contribution in [2.75, 3.05) is 33.9 Å². The molecule has 2 N–H and O–H groups in total. The first-order valence-electron chi connectivity index (χ1n) is 6.64. The molecule has 1 heterocycles. The fourth-order valence-corrected chi connectivity index (χ4v) is 2.00. The topological polar surface area (TPSA) is 97.0 Å². The Hall–Kier alpha value is -2.77. The van der Waals surface area contributed by atoms with Gasteiger partial charge in [0.05, 0.1) is 20.8 Å². The molecule has 0 spiro atoms.